The second kappa shape index (κ2) is 12.0. The maximum atomic E-state index is 14.2. The van der Waals surface area contributed by atoms with Gasteiger partial charge in [0.15, 0.2) is 0 Å². The van der Waals surface area contributed by atoms with Crippen molar-refractivity contribution in [3.8, 4) is 5.75 Å². The van der Waals surface area contributed by atoms with E-state index in [0.29, 0.717) is 5.56 Å². The van der Waals surface area contributed by atoms with E-state index < -0.39 is 47.2 Å². The minimum absolute atomic E-state index is 0.0926. The minimum atomic E-state index is -4.51. The molecule has 1 saturated carbocycles. The van der Waals surface area contributed by atoms with E-state index in [1.54, 1.807) is 4.90 Å². The zero-order valence-corrected chi connectivity index (χ0v) is 24.4. The standard InChI is InChI=1S/C32H41F3N2O4/c1-19-11-9-10-14-23(19)27-26(36-18-21-15-16-22(32(33,34)35)17-24(21)41-5)25(31(2,3)4)28(30(39)40)37(27)29(38)20-12-7-6-8-13-20/h9-11,14-17,20,25-28,36H,6-8,12-13,18H2,1-5H3,(H,39,40)/t25-,26-,27-,28-/m0/s1. The number of aryl methyl sites for hydroxylation is 1. The Morgan fingerprint density at radius 2 is 1.71 bits per heavy atom. The van der Waals surface area contributed by atoms with Crippen molar-refractivity contribution in [1.29, 1.82) is 0 Å². The minimum Gasteiger partial charge on any atom is -0.496 e. The van der Waals surface area contributed by atoms with Gasteiger partial charge >= 0.3 is 12.1 Å². The topological polar surface area (TPSA) is 78.9 Å². The van der Waals surface area contributed by atoms with Crippen LogP contribution in [0.5, 0.6) is 5.75 Å². The van der Waals surface area contributed by atoms with E-state index >= 15 is 0 Å². The number of nitrogens with zero attached hydrogens (tertiary/aromatic N) is 1. The van der Waals surface area contributed by atoms with Gasteiger partial charge < -0.3 is 20.1 Å². The van der Waals surface area contributed by atoms with Crippen molar-refractivity contribution in [3.63, 3.8) is 0 Å². The van der Waals surface area contributed by atoms with Crippen LogP contribution in [0.4, 0.5) is 13.2 Å². The molecule has 4 rings (SSSR count). The molecule has 0 bridgehead atoms. The number of hydrogen-bond acceptors (Lipinski definition) is 4. The van der Waals surface area contributed by atoms with Gasteiger partial charge in [-0.25, -0.2) is 4.79 Å². The van der Waals surface area contributed by atoms with Gasteiger partial charge in [-0.3, -0.25) is 4.79 Å². The number of hydrogen-bond donors (Lipinski definition) is 2. The molecule has 1 heterocycles. The molecule has 2 aliphatic rings. The number of benzene rings is 2. The number of aliphatic carboxylic acids is 1. The van der Waals surface area contributed by atoms with E-state index in [0.717, 1.165) is 55.4 Å². The number of alkyl halides is 3. The van der Waals surface area contributed by atoms with Crippen LogP contribution in [0.15, 0.2) is 42.5 Å². The molecule has 41 heavy (non-hydrogen) atoms. The number of amides is 1. The van der Waals surface area contributed by atoms with Crippen LogP contribution in [-0.4, -0.2) is 41.1 Å². The van der Waals surface area contributed by atoms with Crippen molar-refractivity contribution >= 4 is 11.9 Å². The van der Waals surface area contributed by atoms with Gasteiger partial charge in [0.1, 0.15) is 11.8 Å². The lowest BCUT2D eigenvalue weighted by molar-refractivity contribution is -0.154. The fraction of sp³-hybridized carbons (Fsp3) is 0.562. The summed E-state index contributed by atoms with van der Waals surface area (Å²) in [5, 5.41) is 14.2. The molecule has 2 fully saturated rings. The first-order chi connectivity index (χ1) is 19.3. The number of rotatable bonds is 7. The molecule has 0 aromatic heterocycles. The Morgan fingerprint density at radius 3 is 2.27 bits per heavy atom. The molecular formula is C32H41F3N2O4. The van der Waals surface area contributed by atoms with Crippen LogP contribution < -0.4 is 10.1 Å². The molecule has 1 saturated heterocycles. The van der Waals surface area contributed by atoms with Crippen molar-refractivity contribution in [2.75, 3.05) is 7.11 Å². The first-order valence-corrected chi connectivity index (χ1v) is 14.3. The molecule has 1 aliphatic carbocycles. The molecule has 2 aromatic rings. The molecular weight excluding hydrogens is 533 g/mol. The first kappa shape index (κ1) is 30.9. The Kier molecular flexibility index (Phi) is 9.07. The van der Waals surface area contributed by atoms with Crippen molar-refractivity contribution in [2.24, 2.45) is 17.3 Å². The number of carboxylic acids is 1. The molecule has 224 valence electrons. The number of carboxylic acid groups (broad SMARTS) is 1. The van der Waals surface area contributed by atoms with Gasteiger partial charge in [0.2, 0.25) is 5.91 Å². The number of halogens is 3. The lowest BCUT2D eigenvalue weighted by Gasteiger charge is -2.36. The van der Waals surface area contributed by atoms with Crippen LogP contribution in [0.1, 0.15) is 81.2 Å². The van der Waals surface area contributed by atoms with Crippen LogP contribution in [0, 0.1) is 24.2 Å². The summed E-state index contributed by atoms with van der Waals surface area (Å²) in [6.45, 7) is 8.02. The van der Waals surface area contributed by atoms with E-state index in [2.05, 4.69) is 5.32 Å². The van der Waals surface area contributed by atoms with Gasteiger partial charge in [0, 0.05) is 30.0 Å². The van der Waals surface area contributed by atoms with Crippen LogP contribution in [-0.2, 0) is 22.3 Å². The van der Waals surface area contributed by atoms with Crippen molar-refractivity contribution in [2.45, 2.75) is 90.6 Å². The third kappa shape index (κ3) is 6.40. The lowest BCUT2D eigenvalue weighted by atomic mass is 9.72. The van der Waals surface area contributed by atoms with Gasteiger partial charge in [-0.15, -0.1) is 0 Å². The maximum Gasteiger partial charge on any atom is 0.416 e. The summed E-state index contributed by atoms with van der Waals surface area (Å²) in [4.78, 5) is 28.9. The molecule has 0 radical (unpaired) electrons. The first-order valence-electron chi connectivity index (χ1n) is 14.3. The average Bonchev–Trinajstić information content (AvgIpc) is 3.27. The molecule has 4 atom stereocenters. The highest BCUT2D eigenvalue weighted by Crippen LogP contribution is 2.50. The summed E-state index contributed by atoms with van der Waals surface area (Å²) < 4.78 is 45.4. The second-order valence-electron chi connectivity index (χ2n) is 12.5. The number of carbonyl (C=O) groups excluding carboxylic acids is 1. The molecule has 2 N–H and O–H groups in total. The largest absolute Gasteiger partial charge is 0.496 e. The number of methoxy groups -OCH3 is 1. The molecule has 1 amide bonds. The molecule has 9 heteroatoms. The van der Waals surface area contributed by atoms with Gasteiger partial charge in [0.05, 0.1) is 18.7 Å². The maximum absolute atomic E-state index is 14.2. The van der Waals surface area contributed by atoms with Crippen LogP contribution in [0.2, 0.25) is 0 Å². The Balaban J connectivity index is 1.81. The van der Waals surface area contributed by atoms with Crippen LogP contribution in [0.25, 0.3) is 0 Å². The number of nitrogens with one attached hydrogen (secondary N) is 1. The summed E-state index contributed by atoms with van der Waals surface area (Å²) in [6, 6.07) is 8.95. The quantitative estimate of drug-likeness (QED) is 0.382. The fourth-order valence-corrected chi connectivity index (χ4v) is 6.83. The number of carbonyl (C=O) groups is 2. The van der Waals surface area contributed by atoms with Gasteiger partial charge in [-0.2, -0.15) is 13.2 Å². The predicted molar refractivity (Wildman–Crippen MR) is 150 cm³/mol. The Labute approximate surface area is 240 Å². The smallest absolute Gasteiger partial charge is 0.416 e. The van der Waals surface area contributed by atoms with Crippen molar-refractivity contribution < 1.29 is 32.6 Å². The van der Waals surface area contributed by atoms with E-state index in [1.165, 1.54) is 13.2 Å². The van der Waals surface area contributed by atoms with Gasteiger partial charge in [-0.05, 0) is 48.4 Å². The Bertz CT molecular complexity index is 1250. The zero-order chi connectivity index (χ0) is 30.1. The van der Waals surface area contributed by atoms with Crippen LogP contribution >= 0.6 is 0 Å². The van der Waals surface area contributed by atoms with E-state index in [-0.39, 0.29) is 24.1 Å². The molecule has 1 aliphatic heterocycles. The zero-order valence-electron chi connectivity index (χ0n) is 24.4. The second-order valence-corrected chi connectivity index (χ2v) is 12.5. The highest BCUT2D eigenvalue weighted by Gasteiger charge is 2.58. The van der Waals surface area contributed by atoms with Gasteiger partial charge in [-0.1, -0.05) is 70.4 Å². The third-order valence-corrected chi connectivity index (χ3v) is 8.78. The van der Waals surface area contributed by atoms with E-state index in [4.69, 9.17) is 4.74 Å². The molecule has 6 nitrogen and oxygen atoms in total. The predicted octanol–water partition coefficient (Wildman–Crippen LogP) is 6.76. The summed E-state index contributed by atoms with van der Waals surface area (Å²) in [6.07, 6.45) is -0.0830. The normalized spacial score (nSPS) is 24.0. The summed E-state index contributed by atoms with van der Waals surface area (Å²) in [7, 11) is 1.33. The highest BCUT2D eigenvalue weighted by molar-refractivity contribution is 5.87. The summed E-state index contributed by atoms with van der Waals surface area (Å²) in [5.74, 6) is -1.81. The van der Waals surface area contributed by atoms with Gasteiger partial charge in [0.25, 0.3) is 0 Å². The number of ether oxygens (including phenoxy) is 1. The molecule has 0 spiro atoms. The van der Waals surface area contributed by atoms with Crippen LogP contribution in [0.3, 0.4) is 0 Å². The Hall–Kier alpha value is -3.07. The SMILES string of the molecule is COc1cc(C(F)(F)F)ccc1CN[C@H]1[C@H](C(C)(C)C)[C@@H](C(=O)O)N(C(=O)C2CCCCC2)[C@H]1c1ccccc1C. The fourth-order valence-electron chi connectivity index (χ4n) is 6.83. The Morgan fingerprint density at radius 1 is 1.05 bits per heavy atom. The monoisotopic (exact) mass is 574 g/mol. The molecule has 0 unspecified atom stereocenters. The summed E-state index contributed by atoms with van der Waals surface area (Å²) >= 11 is 0. The highest BCUT2D eigenvalue weighted by atomic mass is 19.4. The van der Waals surface area contributed by atoms with E-state index in [1.807, 2.05) is 52.0 Å². The third-order valence-electron chi connectivity index (χ3n) is 8.78. The average molecular weight is 575 g/mol. The van der Waals surface area contributed by atoms with Crippen molar-refractivity contribution in [1.82, 2.24) is 10.2 Å². The van der Waals surface area contributed by atoms with Crippen molar-refractivity contribution in [3.05, 3.63) is 64.7 Å². The van der Waals surface area contributed by atoms with E-state index in [9.17, 15) is 27.9 Å². The summed E-state index contributed by atoms with van der Waals surface area (Å²) in [5.41, 5.74) is 0.997. The number of likely N-dealkylation sites (tertiary alicyclic amines) is 1. The lowest BCUT2D eigenvalue weighted by Crippen LogP contribution is -2.49. The molecule has 2 aromatic carbocycles.